The summed E-state index contributed by atoms with van der Waals surface area (Å²) in [4.78, 5) is 13.5. The molecule has 0 bridgehead atoms. The molecule has 0 fully saturated rings. The van der Waals surface area contributed by atoms with Crippen LogP contribution in [0.5, 0.6) is 11.5 Å². The van der Waals surface area contributed by atoms with Gasteiger partial charge in [-0.15, -0.1) is 0 Å². The van der Waals surface area contributed by atoms with E-state index in [1.54, 1.807) is 26.6 Å². The second kappa shape index (κ2) is 7.92. The quantitative estimate of drug-likeness (QED) is 0.544. The van der Waals surface area contributed by atoms with Crippen molar-refractivity contribution in [3.05, 3.63) is 72.6 Å². The molecule has 0 unspecified atom stereocenters. The third kappa shape index (κ3) is 3.57. The number of ether oxygens (including phenoxy) is 2. The van der Waals surface area contributed by atoms with Crippen LogP contribution in [0, 0.1) is 0 Å². The van der Waals surface area contributed by atoms with E-state index >= 15 is 0 Å². The van der Waals surface area contributed by atoms with Crippen LogP contribution in [0.4, 0.5) is 5.82 Å². The lowest BCUT2D eigenvalue weighted by atomic mass is 10.1. The van der Waals surface area contributed by atoms with Gasteiger partial charge in [0.25, 0.3) is 0 Å². The van der Waals surface area contributed by atoms with Crippen molar-refractivity contribution >= 4 is 16.7 Å². The molecule has 0 aliphatic carbocycles. The average molecular weight is 372 g/mol. The molecular formula is C22H20N4O2. The van der Waals surface area contributed by atoms with Crippen LogP contribution >= 0.6 is 0 Å². The first kappa shape index (κ1) is 17.7. The Labute approximate surface area is 163 Å². The van der Waals surface area contributed by atoms with Gasteiger partial charge in [-0.2, -0.15) is 0 Å². The molecule has 0 spiro atoms. The number of methoxy groups -OCH3 is 2. The Balaban J connectivity index is 1.68. The minimum atomic E-state index is 0.594. The number of aromatic nitrogens is 3. The molecule has 2 aromatic carbocycles. The largest absolute Gasteiger partial charge is 0.493 e. The standard InChI is InChI=1S/C22H20N4O2/c1-27-19-8-7-15(13-20(19)28-2)14-24-22-17-5-3-4-6-18(17)25-21(26-22)16-9-11-23-12-10-16/h3-13H,14H2,1-2H3,(H,24,25,26). The summed E-state index contributed by atoms with van der Waals surface area (Å²) in [6.07, 6.45) is 3.48. The molecule has 140 valence electrons. The highest BCUT2D eigenvalue weighted by Crippen LogP contribution is 2.29. The lowest BCUT2D eigenvalue weighted by molar-refractivity contribution is 0.354. The van der Waals surface area contributed by atoms with Gasteiger partial charge in [0.15, 0.2) is 17.3 Å². The van der Waals surface area contributed by atoms with Crippen LogP contribution in [0.15, 0.2) is 67.0 Å². The Bertz CT molecular complexity index is 1100. The zero-order chi connectivity index (χ0) is 19.3. The fourth-order valence-corrected chi connectivity index (χ4v) is 3.02. The van der Waals surface area contributed by atoms with E-state index in [0.717, 1.165) is 27.8 Å². The molecule has 2 heterocycles. The third-order valence-corrected chi connectivity index (χ3v) is 4.45. The van der Waals surface area contributed by atoms with Gasteiger partial charge < -0.3 is 14.8 Å². The SMILES string of the molecule is COc1ccc(CNc2nc(-c3ccncc3)nc3ccccc23)cc1OC. The number of nitrogens with one attached hydrogen (secondary N) is 1. The highest BCUT2D eigenvalue weighted by atomic mass is 16.5. The van der Waals surface area contributed by atoms with Crippen LogP contribution < -0.4 is 14.8 Å². The van der Waals surface area contributed by atoms with E-state index in [1.165, 1.54) is 0 Å². The molecule has 0 aliphatic heterocycles. The monoisotopic (exact) mass is 372 g/mol. The van der Waals surface area contributed by atoms with Gasteiger partial charge in [-0.25, -0.2) is 9.97 Å². The summed E-state index contributed by atoms with van der Waals surface area (Å²) in [6, 6.07) is 17.6. The number of benzene rings is 2. The Morgan fingerprint density at radius 1 is 0.857 bits per heavy atom. The van der Waals surface area contributed by atoms with E-state index in [0.29, 0.717) is 23.9 Å². The lowest BCUT2D eigenvalue weighted by Gasteiger charge is -2.13. The first-order valence-corrected chi connectivity index (χ1v) is 8.90. The number of nitrogens with zero attached hydrogens (tertiary/aromatic N) is 3. The zero-order valence-corrected chi connectivity index (χ0v) is 15.7. The minimum Gasteiger partial charge on any atom is -0.493 e. The van der Waals surface area contributed by atoms with Crippen molar-refractivity contribution in [2.45, 2.75) is 6.54 Å². The van der Waals surface area contributed by atoms with E-state index in [9.17, 15) is 0 Å². The van der Waals surface area contributed by atoms with E-state index in [1.807, 2.05) is 54.6 Å². The van der Waals surface area contributed by atoms with Gasteiger partial charge >= 0.3 is 0 Å². The maximum atomic E-state index is 5.39. The minimum absolute atomic E-state index is 0.594. The maximum Gasteiger partial charge on any atom is 0.162 e. The molecule has 0 amide bonds. The summed E-state index contributed by atoms with van der Waals surface area (Å²) in [5.41, 5.74) is 2.87. The molecule has 4 aromatic rings. The van der Waals surface area contributed by atoms with Crippen molar-refractivity contribution in [2.24, 2.45) is 0 Å². The van der Waals surface area contributed by atoms with E-state index < -0.39 is 0 Å². The molecule has 0 aliphatic rings. The molecule has 0 radical (unpaired) electrons. The van der Waals surface area contributed by atoms with Crippen LogP contribution in [0.25, 0.3) is 22.3 Å². The summed E-state index contributed by atoms with van der Waals surface area (Å²) < 4.78 is 10.7. The van der Waals surface area contributed by atoms with Crippen molar-refractivity contribution in [1.82, 2.24) is 15.0 Å². The summed E-state index contributed by atoms with van der Waals surface area (Å²) in [7, 11) is 3.26. The first-order chi connectivity index (χ1) is 13.8. The molecule has 0 atom stereocenters. The Morgan fingerprint density at radius 2 is 1.64 bits per heavy atom. The second-order valence-electron chi connectivity index (χ2n) is 6.19. The zero-order valence-electron chi connectivity index (χ0n) is 15.7. The maximum absolute atomic E-state index is 5.39. The van der Waals surface area contributed by atoms with Crippen molar-refractivity contribution in [3.63, 3.8) is 0 Å². The van der Waals surface area contributed by atoms with Gasteiger partial charge in [-0.1, -0.05) is 18.2 Å². The van der Waals surface area contributed by atoms with Gasteiger partial charge in [0, 0.05) is 29.9 Å². The molecule has 6 nitrogen and oxygen atoms in total. The predicted octanol–water partition coefficient (Wildman–Crippen LogP) is 4.32. The number of fused-ring (bicyclic) bond motifs is 1. The van der Waals surface area contributed by atoms with Crippen molar-refractivity contribution in [2.75, 3.05) is 19.5 Å². The van der Waals surface area contributed by atoms with Gasteiger partial charge in [-0.3, -0.25) is 4.98 Å². The molecule has 1 N–H and O–H groups in total. The van der Waals surface area contributed by atoms with Crippen LogP contribution in [0.3, 0.4) is 0 Å². The number of anilines is 1. The highest BCUT2D eigenvalue weighted by Gasteiger charge is 2.10. The topological polar surface area (TPSA) is 69.2 Å². The summed E-state index contributed by atoms with van der Waals surface area (Å²) in [5, 5.41) is 4.41. The summed E-state index contributed by atoms with van der Waals surface area (Å²) in [6.45, 7) is 0.594. The normalized spacial score (nSPS) is 10.6. The predicted molar refractivity (Wildman–Crippen MR) is 110 cm³/mol. The number of para-hydroxylation sites is 1. The first-order valence-electron chi connectivity index (χ1n) is 8.90. The van der Waals surface area contributed by atoms with Crippen molar-refractivity contribution in [1.29, 1.82) is 0 Å². The summed E-state index contributed by atoms with van der Waals surface area (Å²) >= 11 is 0. The Kier molecular flexibility index (Phi) is 5.01. The molecule has 4 rings (SSSR count). The van der Waals surface area contributed by atoms with Gasteiger partial charge in [0.1, 0.15) is 5.82 Å². The number of pyridine rings is 1. The molecule has 0 saturated carbocycles. The number of hydrogen-bond donors (Lipinski definition) is 1. The van der Waals surface area contributed by atoms with E-state index in [2.05, 4.69) is 10.3 Å². The Hall–Kier alpha value is -3.67. The molecule has 2 aromatic heterocycles. The molecule has 6 heteroatoms. The fourth-order valence-electron chi connectivity index (χ4n) is 3.02. The van der Waals surface area contributed by atoms with Crippen molar-refractivity contribution < 1.29 is 9.47 Å². The number of hydrogen-bond acceptors (Lipinski definition) is 6. The smallest absolute Gasteiger partial charge is 0.162 e. The van der Waals surface area contributed by atoms with Crippen LogP contribution in [0.1, 0.15) is 5.56 Å². The summed E-state index contributed by atoms with van der Waals surface area (Å²) in [5.74, 6) is 2.86. The van der Waals surface area contributed by atoms with E-state index in [-0.39, 0.29) is 0 Å². The molecule has 28 heavy (non-hydrogen) atoms. The average Bonchev–Trinajstić information content (AvgIpc) is 2.77. The number of rotatable bonds is 6. The fraction of sp³-hybridized carbons (Fsp3) is 0.136. The van der Waals surface area contributed by atoms with Gasteiger partial charge in [0.05, 0.1) is 19.7 Å². The van der Waals surface area contributed by atoms with E-state index in [4.69, 9.17) is 19.4 Å². The lowest BCUT2D eigenvalue weighted by Crippen LogP contribution is -2.05. The Morgan fingerprint density at radius 3 is 2.43 bits per heavy atom. The molecular weight excluding hydrogens is 352 g/mol. The highest BCUT2D eigenvalue weighted by molar-refractivity contribution is 5.90. The third-order valence-electron chi connectivity index (χ3n) is 4.45. The van der Waals surface area contributed by atoms with Crippen LogP contribution in [-0.2, 0) is 6.54 Å². The second-order valence-corrected chi connectivity index (χ2v) is 6.19. The van der Waals surface area contributed by atoms with Gasteiger partial charge in [-0.05, 0) is 42.0 Å². The van der Waals surface area contributed by atoms with Gasteiger partial charge in [0.2, 0.25) is 0 Å². The van der Waals surface area contributed by atoms with Crippen LogP contribution in [-0.4, -0.2) is 29.2 Å². The molecule has 0 saturated heterocycles. The van der Waals surface area contributed by atoms with Crippen molar-refractivity contribution in [3.8, 4) is 22.9 Å². The van der Waals surface area contributed by atoms with Crippen LogP contribution in [0.2, 0.25) is 0 Å².